The Morgan fingerprint density at radius 3 is 2.66 bits per heavy atom. The molecular weight excluding hydrogens is 435 g/mol. The van der Waals surface area contributed by atoms with Crippen LogP contribution in [0.2, 0.25) is 0 Å². The van der Waals surface area contributed by atoms with E-state index in [2.05, 4.69) is 15.3 Å². The van der Waals surface area contributed by atoms with Crippen molar-refractivity contribution in [1.82, 2.24) is 24.9 Å². The van der Waals surface area contributed by atoms with Gasteiger partial charge in [0.25, 0.3) is 11.5 Å². The molecule has 8 nitrogen and oxygen atoms in total. The van der Waals surface area contributed by atoms with Crippen LogP contribution in [0.1, 0.15) is 16.8 Å². The van der Waals surface area contributed by atoms with Gasteiger partial charge in [0.15, 0.2) is 0 Å². The molecule has 1 fully saturated rings. The lowest BCUT2D eigenvalue weighted by atomic mass is 10.1. The molecule has 0 saturated carbocycles. The van der Waals surface area contributed by atoms with Crippen LogP contribution in [0.3, 0.4) is 0 Å². The summed E-state index contributed by atoms with van der Waals surface area (Å²) in [6, 6.07) is 12.8. The van der Waals surface area contributed by atoms with E-state index < -0.39 is 0 Å². The molecule has 2 aromatic heterocycles. The van der Waals surface area contributed by atoms with Gasteiger partial charge in [-0.25, -0.2) is 9.07 Å². The van der Waals surface area contributed by atoms with Crippen molar-refractivity contribution in [2.75, 3.05) is 13.1 Å². The van der Waals surface area contributed by atoms with Gasteiger partial charge in [0.05, 0.1) is 17.4 Å². The van der Waals surface area contributed by atoms with Crippen LogP contribution in [0.15, 0.2) is 59.5 Å². The number of benzene rings is 2. The van der Waals surface area contributed by atoms with Crippen LogP contribution in [0.5, 0.6) is 0 Å². The number of nitrogens with two attached hydrogens (primary N) is 1. The van der Waals surface area contributed by atoms with E-state index in [9.17, 15) is 14.0 Å². The molecular formula is C22H20ClFN6O2. The summed E-state index contributed by atoms with van der Waals surface area (Å²) >= 11 is 0. The molecule has 3 N–H and O–H groups in total. The molecule has 1 atom stereocenters. The smallest absolute Gasteiger partial charge is 0.258 e. The number of pyridine rings is 1. The predicted molar refractivity (Wildman–Crippen MR) is 121 cm³/mol. The van der Waals surface area contributed by atoms with Crippen molar-refractivity contribution in [1.29, 1.82) is 0 Å². The Morgan fingerprint density at radius 1 is 1.16 bits per heavy atom. The monoisotopic (exact) mass is 454 g/mol. The average Bonchev–Trinajstić information content (AvgIpc) is 3.43. The zero-order chi connectivity index (χ0) is 21.5. The number of aromatic amines is 1. The molecule has 4 aromatic rings. The number of fused-ring (bicyclic) bond motifs is 1. The third-order valence-electron chi connectivity index (χ3n) is 5.47. The molecule has 1 aliphatic heterocycles. The third-order valence-corrected chi connectivity index (χ3v) is 5.47. The molecule has 1 amide bonds. The van der Waals surface area contributed by atoms with Gasteiger partial charge < -0.3 is 15.6 Å². The molecule has 10 heteroatoms. The van der Waals surface area contributed by atoms with Gasteiger partial charge in [-0.05, 0) is 55.0 Å². The highest BCUT2D eigenvalue weighted by Gasteiger charge is 2.24. The highest BCUT2D eigenvalue weighted by Crippen LogP contribution is 2.20. The Hall–Kier alpha value is -3.56. The first-order valence-corrected chi connectivity index (χ1v) is 9.88. The molecule has 2 aromatic carbocycles. The zero-order valence-corrected chi connectivity index (χ0v) is 17.7. The number of nitrogens with zero attached hydrogens (tertiary/aromatic N) is 4. The summed E-state index contributed by atoms with van der Waals surface area (Å²) in [5.74, 6) is -0.437. The van der Waals surface area contributed by atoms with Crippen molar-refractivity contribution >= 4 is 29.2 Å². The van der Waals surface area contributed by atoms with E-state index in [1.54, 1.807) is 41.4 Å². The lowest BCUT2D eigenvalue weighted by Crippen LogP contribution is -2.31. The number of likely N-dealkylation sites (tertiary alicyclic amines) is 1. The quantitative estimate of drug-likeness (QED) is 0.494. The Labute approximate surface area is 188 Å². The van der Waals surface area contributed by atoms with E-state index in [-0.39, 0.29) is 35.7 Å². The Balaban J connectivity index is 0.00000245. The second kappa shape index (κ2) is 8.52. The Morgan fingerprint density at radius 2 is 1.94 bits per heavy atom. The van der Waals surface area contributed by atoms with Gasteiger partial charge in [0.2, 0.25) is 0 Å². The lowest BCUT2D eigenvalue weighted by Gasteiger charge is -2.15. The van der Waals surface area contributed by atoms with Gasteiger partial charge in [0.1, 0.15) is 11.5 Å². The van der Waals surface area contributed by atoms with E-state index in [4.69, 9.17) is 5.73 Å². The van der Waals surface area contributed by atoms with Crippen molar-refractivity contribution in [3.05, 3.63) is 76.5 Å². The maximum Gasteiger partial charge on any atom is 0.258 e. The van der Waals surface area contributed by atoms with Crippen LogP contribution in [-0.2, 0) is 0 Å². The summed E-state index contributed by atoms with van der Waals surface area (Å²) in [6.07, 6.45) is 2.43. The van der Waals surface area contributed by atoms with E-state index in [1.165, 1.54) is 22.9 Å². The maximum absolute atomic E-state index is 13.5. The highest BCUT2D eigenvalue weighted by molar-refractivity contribution is 5.94. The zero-order valence-electron chi connectivity index (χ0n) is 16.9. The number of rotatable bonds is 3. The minimum atomic E-state index is -0.389. The topological polar surface area (TPSA) is 110 Å². The molecule has 0 aliphatic carbocycles. The van der Waals surface area contributed by atoms with Crippen molar-refractivity contribution in [2.45, 2.75) is 12.5 Å². The van der Waals surface area contributed by atoms with Crippen LogP contribution >= 0.6 is 12.4 Å². The standard InChI is InChI=1S/C22H19FN6O2.ClH/c23-15-3-6-19-14(9-15)10-18(21(30)25-19)20-12-29(27-26-20)17-4-1-13(2-5-17)22(31)28-8-7-16(24)11-28;/h1-6,9-10,12,16H,7-8,11,24H2,(H,25,30);1H/t16-;/m1./s1. The number of amides is 1. The van der Waals surface area contributed by atoms with Gasteiger partial charge in [-0.15, -0.1) is 17.5 Å². The highest BCUT2D eigenvalue weighted by atomic mass is 35.5. The number of hydrogen-bond acceptors (Lipinski definition) is 5. The molecule has 5 rings (SSSR count). The number of aromatic nitrogens is 4. The molecule has 0 unspecified atom stereocenters. The second-order valence-electron chi connectivity index (χ2n) is 7.64. The Kier molecular flexibility index (Phi) is 5.77. The molecule has 164 valence electrons. The van der Waals surface area contributed by atoms with E-state index in [0.717, 1.165) is 6.42 Å². The lowest BCUT2D eigenvalue weighted by molar-refractivity contribution is 0.0791. The number of carbonyl (C=O) groups is 1. The van der Waals surface area contributed by atoms with Gasteiger partial charge in [-0.2, -0.15) is 0 Å². The van der Waals surface area contributed by atoms with E-state index in [1.807, 2.05) is 0 Å². The molecule has 32 heavy (non-hydrogen) atoms. The first-order chi connectivity index (χ1) is 15.0. The predicted octanol–water partition coefficient (Wildman–Crippen LogP) is 2.51. The van der Waals surface area contributed by atoms with Crippen LogP contribution in [-0.4, -0.2) is 49.9 Å². The summed E-state index contributed by atoms with van der Waals surface area (Å²) < 4.78 is 15.1. The molecule has 1 saturated heterocycles. The number of nitrogens with one attached hydrogen (secondary N) is 1. The maximum atomic E-state index is 13.5. The van der Waals surface area contributed by atoms with Crippen molar-refractivity contribution in [3.63, 3.8) is 0 Å². The fourth-order valence-corrected chi connectivity index (χ4v) is 3.79. The Bertz CT molecular complexity index is 1350. The van der Waals surface area contributed by atoms with Crippen molar-refractivity contribution in [3.8, 4) is 16.9 Å². The van der Waals surface area contributed by atoms with E-state index in [0.29, 0.717) is 46.5 Å². The van der Waals surface area contributed by atoms with Crippen LogP contribution in [0, 0.1) is 5.82 Å². The molecule has 3 heterocycles. The SMILES string of the molecule is Cl.N[C@@H]1CCN(C(=O)c2ccc(-n3cc(-c4cc5cc(F)ccc5[nH]c4=O)nn3)cc2)C1. The summed E-state index contributed by atoms with van der Waals surface area (Å²) in [5.41, 5.74) is 8.01. The molecule has 1 aliphatic rings. The first kappa shape index (κ1) is 21.7. The van der Waals surface area contributed by atoms with E-state index >= 15 is 0 Å². The summed E-state index contributed by atoms with van der Waals surface area (Å²) in [7, 11) is 0. The molecule has 0 bridgehead atoms. The van der Waals surface area contributed by atoms with Crippen molar-refractivity contribution in [2.24, 2.45) is 5.73 Å². The number of H-pyrrole nitrogens is 1. The minimum absolute atomic E-state index is 0. The third kappa shape index (κ3) is 4.00. The normalized spacial score (nSPS) is 15.7. The fraction of sp³-hybridized carbons (Fsp3) is 0.182. The molecule has 0 radical (unpaired) electrons. The number of hydrogen-bond donors (Lipinski definition) is 2. The first-order valence-electron chi connectivity index (χ1n) is 9.88. The summed E-state index contributed by atoms with van der Waals surface area (Å²) in [5, 5.41) is 8.75. The van der Waals surface area contributed by atoms with Crippen molar-refractivity contribution < 1.29 is 9.18 Å². The number of halogens is 2. The molecule has 0 spiro atoms. The van der Waals surface area contributed by atoms with Crippen LogP contribution in [0.25, 0.3) is 27.8 Å². The summed E-state index contributed by atoms with van der Waals surface area (Å²) in [6.45, 7) is 1.23. The largest absolute Gasteiger partial charge is 0.337 e. The van der Waals surface area contributed by atoms with Gasteiger partial charge in [0, 0.05) is 35.6 Å². The minimum Gasteiger partial charge on any atom is -0.337 e. The van der Waals surface area contributed by atoms with Crippen LogP contribution in [0.4, 0.5) is 4.39 Å². The van der Waals surface area contributed by atoms with Gasteiger partial charge >= 0.3 is 0 Å². The van der Waals surface area contributed by atoms with Gasteiger partial charge in [-0.1, -0.05) is 5.21 Å². The van der Waals surface area contributed by atoms with Crippen LogP contribution < -0.4 is 11.3 Å². The average molecular weight is 455 g/mol. The second-order valence-corrected chi connectivity index (χ2v) is 7.64. The number of carbonyl (C=O) groups excluding carboxylic acids is 1. The fourth-order valence-electron chi connectivity index (χ4n) is 3.79. The van der Waals surface area contributed by atoms with Gasteiger partial charge in [-0.3, -0.25) is 9.59 Å². The summed E-state index contributed by atoms with van der Waals surface area (Å²) in [4.78, 5) is 29.5.